The molecule has 0 bridgehead atoms. The molecule has 3 aromatic rings. The second kappa shape index (κ2) is 13.3. The van der Waals surface area contributed by atoms with Crippen LogP contribution in [0, 0.1) is 0 Å². The summed E-state index contributed by atoms with van der Waals surface area (Å²) in [7, 11) is -2.57. The maximum absolute atomic E-state index is 14.1. The Balaban J connectivity index is 2.07. The van der Waals surface area contributed by atoms with Crippen molar-refractivity contribution in [2.24, 2.45) is 0 Å². The number of hydrogen-bond acceptors (Lipinski definition) is 5. The minimum Gasteiger partial charge on any atom is -0.497 e. The van der Waals surface area contributed by atoms with E-state index >= 15 is 0 Å². The minimum absolute atomic E-state index is 0.0552. The van der Waals surface area contributed by atoms with Crippen molar-refractivity contribution in [3.05, 3.63) is 88.9 Å². The van der Waals surface area contributed by atoms with Gasteiger partial charge in [0.1, 0.15) is 18.3 Å². The van der Waals surface area contributed by atoms with Crippen LogP contribution in [0.15, 0.2) is 88.2 Å². The third-order valence-electron chi connectivity index (χ3n) is 6.08. The smallest absolute Gasteiger partial charge is 0.264 e. The van der Waals surface area contributed by atoms with Gasteiger partial charge < -0.3 is 15.0 Å². The highest BCUT2D eigenvalue weighted by atomic mass is 79.9. The zero-order chi connectivity index (χ0) is 29.5. The number of hydrogen-bond donors (Lipinski definition) is 1. The van der Waals surface area contributed by atoms with Crippen LogP contribution < -0.4 is 14.4 Å². The molecule has 0 aliphatic rings. The average molecular weight is 631 g/mol. The highest BCUT2D eigenvalue weighted by Crippen LogP contribution is 2.27. The van der Waals surface area contributed by atoms with E-state index in [9.17, 15) is 18.0 Å². The van der Waals surface area contributed by atoms with Gasteiger partial charge in [0.25, 0.3) is 10.0 Å². The number of anilines is 1. The van der Waals surface area contributed by atoms with Crippen LogP contribution >= 0.6 is 15.9 Å². The standard InChI is InChI=1S/C30H36BrN3O5S/c1-6-27(29(36)32-30(2,3)4)33(20-22-12-10-15-25(18-22)39-5)28(35)21-34(24-14-11-13-23(31)19-24)40(37,38)26-16-8-7-9-17-26/h7-19,27H,6,20-21H2,1-5H3,(H,32,36). The number of rotatable bonds is 11. The SMILES string of the molecule is CCC(C(=O)NC(C)(C)C)N(Cc1cccc(OC)c1)C(=O)CN(c1cccc(Br)c1)S(=O)(=O)c1ccccc1. The van der Waals surface area contributed by atoms with E-state index in [1.165, 1.54) is 17.0 Å². The molecule has 0 aliphatic carbocycles. The van der Waals surface area contributed by atoms with Gasteiger partial charge in [0.15, 0.2) is 0 Å². The molecule has 3 rings (SSSR count). The summed E-state index contributed by atoms with van der Waals surface area (Å²) >= 11 is 3.41. The predicted molar refractivity (Wildman–Crippen MR) is 161 cm³/mol. The lowest BCUT2D eigenvalue weighted by Crippen LogP contribution is -2.55. The van der Waals surface area contributed by atoms with Gasteiger partial charge in [-0.25, -0.2) is 8.42 Å². The molecule has 0 saturated heterocycles. The Bertz CT molecular complexity index is 1420. The van der Waals surface area contributed by atoms with E-state index in [1.54, 1.807) is 67.8 Å². The number of methoxy groups -OCH3 is 1. The third kappa shape index (κ3) is 8.08. The van der Waals surface area contributed by atoms with Crippen LogP contribution in [0.5, 0.6) is 5.75 Å². The molecule has 0 heterocycles. The quantitative estimate of drug-likeness (QED) is 0.307. The van der Waals surface area contributed by atoms with Crippen molar-refractivity contribution in [1.29, 1.82) is 0 Å². The molecule has 10 heteroatoms. The number of sulfonamides is 1. The van der Waals surface area contributed by atoms with Crippen molar-refractivity contribution in [2.45, 2.75) is 57.1 Å². The molecule has 8 nitrogen and oxygen atoms in total. The van der Waals surface area contributed by atoms with E-state index in [4.69, 9.17) is 4.74 Å². The highest BCUT2D eigenvalue weighted by molar-refractivity contribution is 9.10. The lowest BCUT2D eigenvalue weighted by Gasteiger charge is -2.34. The van der Waals surface area contributed by atoms with Crippen LogP contribution in [0.3, 0.4) is 0 Å². The molecule has 0 radical (unpaired) electrons. The summed E-state index contributed by atoms with van der Waals surface area (Å²) in [5.74, 6) is -0.219. The Hall–Kier alpha value is -3.37. The summed E-state index contributed by atoms with van der Waals surface area (Å²) in [6.45, 7) is 7.01. The van der Waals surface area contributed by atoms with Gasteiger partial charge in [-0.3, -0.25) is 13.9 Å². The van der Waals surface area contributed by atoms with Gasteiger partial charge in [0, 0.05) is 16.6 Å². The molecule has 0 saturated carbocycles. The van der Waals surface area contributed by atoms with E-state index in [2.05, 4.69) is 21.2 Å². The van der Waals surface area contributed by atoms with Gasteiger partial charge in [0.2, 0.25) is 11.8 Å². The van der Waals surface area contributed by atoms with Crippen LogP contribution in [0.1, 0.15) is 39.7 Å². The largest absolute Gasteiger partial charge is 0.497 e. The summed E-state index contributed by atoms with van der Waals surface area (Å²) in [6, 6.07) is 21.1. The Morgan fingerprint density at radius 1 is 0.975 bits per heavy atom. The van der Waals surface area contributed by atoms with Gasteiger partial charge in [-0.05, 0) is 75.2 Å². The van der Waals surface area contributed by atoms with Crippen molar-refractivity contribution in [1.82, 2.24) is 10.2 Å². The number of carbonyl (C=O) groups is 2. The minimum atomic E-state index is -4.12. The summed E-state index contributed by atoms with van der Waals surface area (Å²) in [6.07, 6.45) is 0.333. The molecular weight excluding hydrogens is 594 g/mol. The van der Waals surface area contributed by atoms with Crippen LogP contribution in [0.4, 0.5) is 5.69 Å². The second-order valence-corrected chi connectivity index (χ2v) is 13.1. The van der Waals surface area contributed by atoms with E-state index in [0.29, 0.717) is 22.3 Å². The van der Waals surface area contributed by atoms with Gasteiger partial charge >= 0.3 is 0 Å². The molecule has 1 atom stereocenters. The lowest BCUT2D eigenvalue weighted by molar-refractivity contribution is -0.141. The van der Waals surface area contributed by atoms with Crippen molar-refractivity contribution < 1.29 is 22.7 Å². The summed E-state index contributed by atoms with van der Waals surface area (Å²) < 4.78 is 34.8. The number of nitrogens with one attached hydrogen (secondary N) is 1. The molecule has 0 fully saturated rings. The molecule has 0 aromatic heterocycles. The van der Waals surface area contributed by atoms with Gasteiger partial charge in [0.05, 0.1) is 17.7 Å². The molecular formula is C30H36BrN3O5S. The number of halogens is 1. The molecule has 214 valence electrons. The van der Waals surface area contributed by atoms with Crippen LogP contribution in [0.25, 0.3) is 0 Å². The number of amides is 2. The third-order valence-corrected chi connectivity index (χ3v) is 8.36. The average Bonchev–Trinajstić information content (AvgIpc) is 2.91. The Kier molecular flexibility index (Phi) is 10.4. The van der Waals surface area contributed by atoms with Gasteiger partial charge in [-0.2, -0.15) is 0 Å². The first kappa shape index (κ1) is 31.2. The zero-order valence-corrected chi connectivity index (χ0v) is 25.8. The van der Waals surface area contributed by atoms with Crippen LogP contribution in [0.2, 0.25) is 0 Å². The summed E-state index contributed by atoms with van der Waals surface area (Å²) in [5.41, 5.74) is 0.545. The first-order valence-electron chi connectivity index (χ1n) is 12.9. The van der Waals surface area contributed by atoms with Crippen LogP contribution in [-0.4, -0.2) is 50.4 Å². The molecule has 1 unspecified atom stereocenters. The highest BCUT2D eigenvalue weighted by Gasteiger charge is 2.34. The van der Waals surface area contributed by atoms with Gasteiger partial charge in [-0.15, -0.1) is 0 Å². The van der Waals surface area contributed by atoms with Crippen molar-refractivity contribution in [2.75, 3.05) is 18.0 Å². The number of benzene rings is 3. The molecule has 3 aromatic carbocycles. The zero-order valence-electron chi connectivity index (χ0n) is 23.4. The maximum atomic E-state index is 14.1. The van der Waals surface area contributed by atoms with Crippen molar-refractivity contribution in [3.8, 4) is 5.75 Å². The molecule has 0 aliphatic heterocycles. The number of ether oxygens (including phenoxy) is 1. The number of nitrogens with zero attached hydrogens (tertiary/aromatic N) is 2. The number of carbonyl (C=O) groups excluding carboxylic acids is 2. The van der Waals surface area contributed by atoms with Gasteiger partial charge in [-0.1, -0.05) is 59.3 Å². The van der Waals surface area contributed by atoms with E-state index in [1.807, 2.05) is 33.8 Å². The van der Waals surface area contributed by atoms with Crippen LogP contribution in [-0.2, 0) is 26.2 Å². The normalized spacial score (nSPS) is 12.3. The summed E-state index contributed by atoms with van der Waals surface area (Å²) in [5, 5.41) is 2.97. The summed E-state index contributed by atoms with van der Waals surface area (Å²) in [4.78, 5) is 29.0. The Morgan fingerprint density at radius 3 is 2.25 bits per heavy atom. The molecule has 40 heavy (non-hydrogen) atoms. The predicted octanol–water partition coefficient (Wildman–Crippen LogP) is 5.38. The van der Waals surface area contributed by atoms with Crippen molar-refractivity contribution in [3.63, 3.8) is 0 Å². The molecule has 1 N–H and O–H groups in total. The lowest BCUT2D eigenvalue weighted by atomic mass is 10.1. The maximum Gasteiger partial charge on any atom is 0.264 e. The first-order chi connectivity index (χ1) is 18.9. The topological polar surface area (TPSA) is 96.0 Å². The fraction of sp³-hybridized carbons (Fsp3) is 0.333. The van der Waals surface area contributed by atoms with E-state index < -0.39 is 34.1 Å². The molecule has 0 spiro atoms. The Morgan fingerprint density at radius 2 is 1.65 bits per heavy atom. The molecule has 2 amide bonds. The Labute approximate surface area is 245 Å². The fourth-order valence-electron chi connectivity index (χ4n) is 4.22. The van der Waals surface area contributed by atoms with E-state index in [0.717, 1.165) is 9.87 Å². The first-order valence-corrected chi connectivity index (χ1v) is 15.2. The monoisotopic (exact) mass is 629 g/mol. The van der Waals surface area contributed by atoms with Crippen molar-refractivity contribution >= 4 is 43.5 Å². The fourth-order valence-corrected chi connectivity index (χ4v) is 6.03. The second-order valence-electron chi connectivity index (χ2n) is 10.3. The van der Waals surface area contributed by atoms with E-state index in [-0.39, 0.29) is 17.3 Å².